The van der Waals surface area contributed by atoms with Gasteiger partial charge in [0.05, 0.1) is 16.4 Å². The van der Waals surface area contributed by atoms with Gasteiger partial charge >= 0.3 is 0 Å². The van der Waals surface area contributed by atoms with E-state index >= 15 is 0 Å². The molecule has 4 heteroatoms. The van der Waals surface area contributed by atoms with Crippen LogP contribution in [0.5, 0.6) is 0 Å². The Labute approximate surface area is 119 Å². The zero-order chi connectivity index (χ0) is 14.4. The molecule has 0 spiro atoms. The van der Waals surface area contributed by atoms with Crippen LogP contribution in [0.3, 0.4) is 0 Å². The van der Waals surface area contributed by atoms with Crippen LogP contribution in [0, 0.1) is 0 Å². The van der Waals surface area contributed by atoms with Crippen molar-refractivity contribution in [2.75, 3.05) is 0 Å². The van der Waals surface area contributed by atoms with Gasteiger partial charge in [0.25, 0.3) is 0 Å². The van der Waals surface area contributed by atoms with Crippen molar-refractivity contribution in [3.63, 3.8) is 0 Å². The summed E-state index contributed by atoms with van der Waals surface area (Å²) < 4.78 is 25.4. The number of sulfone groups is 1. The Kier molecular flexibility index (Phi) is 4.58. The Hall–Kier alpha value is -2.07. The van der Waals surface area contributed by atoms with Crippen molar-refractivity contribution in [1.82, 2.24) is 0 Å². The minimum Gasteiger partial charge on any atom is -0.516 e. The Balaban J connectivity index is 2.47. The summed E-state index contributed by atoms with van der Waals surface area (Å²) >= 11 is 0. The lowest BCUT2D eigenvalue weighted by Gasteiger charge is -2.16. The molecular weight excluding hydrogens is 272 g/mol. The number of aliphatic hydroxyl groups is 1. The highest BCUT2D eigenvalue weighted by Crippen LogP contribution is 2.31. The molecule has 0 radical (unpaired) electrons. The van der Waals surface area contributed by atoms with Gasteiger partial charge in [0.2, 0.25) is 0 Å². The third kappa shape index (κ3) is 3.08. The fourth-order valence-electron chi connectivity index (χ4n) is 2.07. The summed E-state index contributed by atoms with van der Waals surface area (Å²) in [7, 11) is -3.49. The van der Waals surface area contributed by atoms with Crippen LogP contribution < -0.4 is 0 Å². The summed E-state index contributed by atoms with van der Waals surface area (Å²) in [5.74, 6) is 0. The van der Waals surface area contributed by atoms with Gasteiger partial charge < -0.3 is 5.11 Å². The highest BCUT2D eigenvalue weighted by Gasteiger charge is 2.27. The molecule has 20 heavy (non-hydrogen) atoms. The Morgan fingerprint density at radius 3 is 2.05 bits per heavy atom. The van der Waals surface area contributed by atoms with Crippen molar-refractivity contribution in [2.45, 2.75) is 16.6 Å². The number of allylic oxidation sites excluding steroid dienone is 1. The first-order chi connectivity index (χ1) is 9.66. The molecule has 2 rings (SSSR count). The normalized spacial score (nSPS) is 13.4. The maximum atomic E-state index is 12.7. The minimum absolute atomic E-state index is 0.234. The lowest BCUT2D eigenvalue weighted by molar-refractivity contribution is 0.470. The summed E-state index contributed by atoms with van der Waals surface area (Å²) in [5, 5.41) is 8.12. The molecule has 1 unspecified atom stereocenters. The SMILES string of the molecule is O=S(=O)(c1ccccc1)C(CC=CO)c1ccccc1. The van der Waals surface area contributed by atoms with Gasteiger partial charge in [-0.15, -0.1) is 0 Å². The van der Waals surface area contributed by atoms with Crippen molar-refractivity contribution < 1.29 is 13.5 Å². The van der Waals surface area contributed by atoms with Crippen molar-refractivity contribution in [3.8, 4) is 0 Å². The van der Waals surface area contributed by atoms with Gasteiger partial charge in [0.1, 0.15) is 0 Å². The first-order valence-electron chi connectivity index (χ1n) is 6.29. The molecule has 104 valence electrons. The van der Waals surface area contributed by atoms with E-state index in [4.69, 9.17) is 5.11 Å². The third-order valence-corrected chi connectivity index (χ3v) is 5.22. The number of hydrogen-bond acceptors (Lipinski definition) is 3. The lowest BCUT2D eigenvalue weighted by atomic mass is 10.1. The molecule has 3 nitrogen and oxygen atoms in total. The highest BCUT2D eigenvalue weighted by molar-refractivity contribution is 7.91. The van der Waals surface area contributed by atoms with E-state index < -0.39 is 15.1 Å². The standard InChI is InChI=1S/C16H16O3S/c17-13-7-12-16(14-8-3-1-4-9-14)20(18,19)15-10-5-2-6-11-15/h1-11,13,16-17H,12H2. The van der Waals surface area contributed by atoms with E-state index in [1.807, 2.05) is 18.2 Å². The second-order valence-corrected chi connectivity index (χ2v) is 6.51. The molecule has 2 aromatic carbocycles. The Morgan fingerprint density at radius 2 is 1.50 bits per heavy atom. The van der Waals surface area contributed by atoms with E-state index in [0.29, 0.717) is 4.90 Å². The fourth-order valence-corrected chi connectivity index (χ4v) is 3.81. The predicted octanol–water partition coefficient (Wildman–Crippen LogP) is 3.66. The zero-order valence-corrected chi connectivity index (χ0v) is 11.7. The van der Waals surface area contributed by atoms with Crippen LogP contribution in [-0.4, -0.2) is 13.5 Å². The quantitative estimate of drug-likeness (QED) is 0.854. The smallest absolute Gasteiger partial charge is 0.185 e. The highest BCUT2D eigenvalue weighted by atomic mass is 32.2. The number of aliphatic hydroxyl groups excluding tert-OH is 1. The minimum atomic E-state index is -3.49. The molecule has 0 aromatic heterocycles. The molecular formula is C16H16O3S. The predicted molar refractivity (Wildman–Crippen MR) is 79.2 cm³/mol. The van der Waals surface area contributed by atoms with E-state index in [2.05, 4.69) is 0 Å². The van der Waals surface area contributed by atoms with Crippen molar-refractivity contribution >= 4 is 9.84 Å². The van der Waals surface area contributed by atoms with Gasteiger partial charge in [0, 0.05) is 0 Å². The van der Waals surface area contributed by atoms with Gasteiger partial charge in [-0.3, -0.25) is 0 Å². The number of rotatable bonds is 5. The van der Waals surface area contributed by atoms with E-state index in [1.165, 1.54) is 6.08 Å². The molecule has 0 amide bonds. The number of hydrogen-bond donors (Lipinski definition) is 1. The fraction of sp³-hybridized carbons (Fsp3) is 0.125. The van der Waals surface area contributed by atoms with Crippen LogP contribution in [0.4, 0.5) is 0 Å². The molecule has 0 heterocycles. The number of benzene rings is 2. The molecule has 0 aliphatic carbocycles. The third-order valence-electron chi connectivity index (χ3n) is 3.07. The van der Waals surface area contributed by atoms with E-state index in [0.717, 1.165) is 11.8 Å². The molecule has 0 fully saturated rings. The summed E-state index contributed by atoms with van der Waals surface area (Å²) in [5.41, 5.74) is 0.717. The van der Waals surface area contributed by atoms with Gasteiger partial charge in [0.15, 0.2) is 9.84 Å². The first-order valence-corrected chi connectivity index (χ1v) is 7.84. The molecule has 0 saturated heterocycles. The van der Waals surface area contributed by atoms with E-state index in [1.54, 1.807) is 42.5 Å². The second kappa shape index (κ2) is 6.39. The van der Waals surface area contributed by atoms with Gasteiger partial charge in [-0.05, 0) is 30.2 Å². The van der Waals surface area contributed by atoms with E-state index in [-0.39, 0.29) is 6.42 Å². The lowest BCUT2D eigenvalue weighted by Crippen LogP contribution is -2.13. The van der Waals surface area contributed by atoms with Gasteiger partial charge in [-0.1, -0.05) is 48.5 Å². The molecule has 0 aliphatic rings. The van der Waals surface area contributed by atoms with Crippen LogP contribution in [0.1, 0.15) is 17.2 Å². The molecule has 1 atom stereocenters. The zero-order valence-electron chi connectivity index (χ0n) is 10.9. The molecule has 0 aliphatic heterocycles. The molecule has 0 saturated carbocycles. The maximum absolute atomic E-state index is 12.7. The van der Waals surface area contributed by atoms with Crippen LogP contribution >= 0.6 is 0 Å². The van der Waals surface area contributed by atoms with Crippen LogP contribution in [0.15, 0.2) is 77.9 Å². The van der Waals surface area contributed by atoms with Crippen LogP contribution in [0.25, 0.3) is 0 Å². The van der Waals surface area contributed by atoms with Gasteiger partial charge in [-0.25, -0.2) is 8.42 Å². The summed E-state index contributed by atoms with van der Waals surface area (Å²) in [6, 6.07) is 17.4. The second-order valence-electron chi connectivity index (χ2n) is 4.38. The van der Waals surface area contributed by atoms with Crippen molar-refractivity contribution in [3.05, 3.63) is 78.6 Å². The van der Waals surface area contributed by atoms with E-state index in [9.17, 15) is 8.42 Å². The van der Waals surface area contributed by atoms with Crippen LogP contribution in [0.2, 0.25) is 0 Å². The average molecular weight is 288 g/mol. The average Bonchev–Trinajstić information content (AvgIpc) is 2.49. The first kappa shape index (κ1) is 14.3. The largest absolute Gasteiger partial charge is 0.516 e. The Bertz CT molecular complexity index is 661. The van der Waals surface area contributed by atoms with Gasteiger partial charge in [-0.2, -0.15) is 0 Å². The molecule has 0 bridgehead atoms. The topological polar surface area (TPSA) is 54.4 Å². The maximum Gasteiger partial charge on any atom is 0.185 e. The molecule has 2 aromatic rings. The molecule has 1 N–H and O–H groups in total. The summed E-state index contributed by atoms with van der Waals surface area (Å²) in [4.78, 5) is 0.292. The monoisotopic (exact) mass is 288 g/mol. The van der Waals surface area contributed by atoms with Crippen LogP contribution in [-0.2, 0) is 9.84 Å². The summed E-state index contributed by atoms with van der Waals surface area (Å²) in [6.07, 6.45) is 2.58. The van der Waals surface area contributed by atoms with Crippen molar-refractivity contribution in [1.29, 1.82) is 0 Å². The Morgan fingerprint density at radius 1 is 0.950 bits per heavy atom. The van der Waals surface area contributed by atoms with Crippen molar-refractivity contribution in [2.24, 2.45) is 0 Å². The summed E-state index contributed by atoms with van der Waals surface area (Å²) in [6.45, 7) is 0.